The van der Waals surface area contributed by atoms with Crippen LogP contribution < -0.4 is 14.4 Å². The van der Waals surface area contributed by atoms with Crippen LogP contribution in [0, 0.1) is 13.8 Å². The number of nitrogens with zero attached hydrogens (tertiary/aromatic N) is 1. The molecular weight excluding hydrogens is 807 g/mol. The van der Waals surface area contributed by atoms with Crippen molar-refractivity contribution in [2.45, 2.75) is 85.5 Å². The standard InChI is InChI=1S/C62H57NO3/c1-10-41-19-20-43(38(2)3)35-54(41)44-33-39(4)59(40(5)34-44)66-60(64)42-21-27-48(28-22-42)65-49-29-23-45(24-30-49)63(46-25-31-52-50-15-11-13-17-55(50)61(6,7)57(52)36-46)47-26-32-53-51-16-12-14-18-56(51)62(8,9)58(53)37-47/h11-38H,10H2,1-9H3. The lowest BCUT2D eigenvalue weighted by molar-refractivity contribution is 0.0732. The highest BCUT2D eigenvalue weighted by atomic mass is 16.5. The highest BCUT2D eigenvalue weighted by Crippen LogP contribution is 2.53. The molecule has 4 heteroatoms. The molecule has 0 fully saturated rings. The number of anilines is 3. The maximum Gasteiger partial charge on any atom is 0.343 e. The molecule has 0 bridgehead atoms. The normalized spacial score (nSPS) is 13.7. The van der Waals surface area contributed by atoms with E-state index in [9.17, 15) is 4.79 Å². The molecule has 2 aliphatic rings. The minimum atomic E-state index is -0.404. The van der Waals surface area contributed by atoms with Gasteiger partial charge in [-0.05, 0) is 189 Å². The third-order valence-electron chi connectivity index (χ3n) is 14.2. The lowest BCUT2D eigenvalue weighted by atomic mass is 9.82. The summed E-state index contributed by atoms with van der Waals surface area (Å²) in [5.41, 5.74) is 20.8. The Morgan fingerprint density at radius 2 is 1.02 bits per heavy atom. The fourth-order valence-electron chi connectivity index (χ4n) is 10.5. The molecular formula is C62H57NO3. The van der Waals surface area contributed by atoms with Crippen molar-refractivity contribution in [2.75, 3.05) is 4.90 Å². The number of fused-ring (bicyclic) bond motifs is 6. The molecule has 0 aliphatic heterocycles. The number of benzene rings is 8. The van der Waals surface area contributed by atoms with Crippen molar-refractivity contribution in [1.82, 2.24) is 0 Å². The zero-order valence-electron chi connectivity index (χ0n) is 39.5. The van der Waals surface area contributed by atoms with Crippen molar-refractivity contribution in [3.05, 3.63) is 214 Å². The van der Waals surface area contributed by atoms with Gasteiger partial charge in [0.1, 0.15) is 17.2 Å². The monoisotopic (exact) mass is 863 g/mol. The first-order valence-electron chi connectivity index (χ1n) is 23.4. The first-order valence-corrected chi connectivity index (χ1v) is 23.4. The Morgan fingerprint density at radius 1 is 0.530 bits per heavy atom. The van der Waals surface area contributed by atoms with Crippen LogP contribution in [-0.2, 0) is 17.3 Å². The number of aryl methyl sites for hydroxylation is 3. The summed E-state index contributed by atoms with van der Waals surface area (Å²) in [5, 5.41) is 0. The summed E-state index contributed by atoms with van der Waals surface area (Å²) in [4.78, 5) is 15.9. The van der Waals surface area contributed by atoms with Crippen molar-refractivity contribution in [1.29, 1.82) is 0 Å². The van der Waals surface area contributed by atoms with Gasteiger partial charge in [-0.2, -0.15) is 0 Å². The van der Waals surface area contributed by atoms with Crippen LogP contribution in [0.15, 0.2) is 164 Å². The van der Waals surface area contributed by atoms with Gasteiger partial charge < -0.3 is 14.4 Å². The van der Waals surface area contributed by atoms with Crippen molar-refractivity contribution in [3.63, 3.8) is 0 Å². The van der Waals surface area contributed by atoms with E-state index in [2.05, 4.69) is 181 Å². The number of ether oxygens (including phenoxy) is 2. The van der Waals surface area contributed by atoms with E-state index in [4.69, 9.17) is 9.47 Å². The van der Waals surface area contributed by atoms with Gasteiger partial charge in [0.05, 0.1) is 5.56 Å². The molecule has 0 amide bonds. The first kappa shape index (κ1) is 42.8. The van der Waals surface area contributed by atoms with Gasteiger partial charge in [0.2, 0.25) is 0 Å². The van der Waals surface area contributed by atoms with E-state index in [0.29, 0.717) is 28.7 Å². The molecule has 0 atom stereocenters. The number of hydrogen-bond donors (Lipinski definition) is 0. The van der Waals surface area contributed by atoms with Crippen LogP contribution in [0.3, 0.4) is 0 Å². The summed E-state index contributed by atoms with van der Waals surface area (Å²) < 4.78 is 12.4. The van der Waals surface area contributed by atoms with Gasteiger partial charge in [0, 0.05) is 27.9 Å². The third-order valence-corrected chi connectivity index (χ3v) is 14.2. The number of esters is 1. The number of hydrogen-bond acceptors (Lipinski definition) is 4. The predicted molar refractivity (Wildman–Crippen MR) is 273 cm³/mol. The fourth-order valence-corrected chi connectivity index (χ4v) is 10.5. The Balaban J connectivity index is 0.909. The highest BCUT2D eigenvalue weighted by molar-refractivity contribution is 5.92. The van der Waals surface area contributed by atoms with E-state index < -0.39 is 5.97 Å². The van der Waals surface area contributed by atoms with Gasteiger partial charge in [-0.3, -0.25) is 0 Å². The molecule has 2 aliphatic carbocycles. The minimum absolute atomic E-state index is 0.137. The maximum absolute atomic E-state index is 13.5. The molecule has 0 radical (unpaired) electrons. The van der Waals surface area contributed by atoms with E-state index in [0.717, 1.165) is 40.2 Å². The lowest BCUT2D eigenvalue weighted by Gasteiger charge is -2.29. The van der Waals surface area contributed by atoms with Crippen LogP contribution in [0.25, 0.3) is 33.4 Å². The average molecular weight is 864 g/mol. The van der Waals surface area contributed by atoms with Gasteiger partial charge >= 0.3 is 5.97 Å². The molecule has 0 heterocycles. The highest BCUT2D eigenvalue weighted by Gasteiger charge is 2.37. The molecule has 4 nitrogen and oxygen atoms in total. The second-order valence-corrected chi connectivity index (χ2v) is 19.5. The molecule has 8 aromatic carbocycles. The molecule has 66 heavy (non-hydrogen) atoms. The smallest absolute Gasteiger partial charge is 0.343 e. The molecule has 10 rings (SSSR count). The summed E-state index contributed by atoms with van der Waals surface area (Å²) in [5.74, 6) is 1.95. The van der Waals surface area contributed by atoms with Gasteiger partial charge in [-0.1, -0.05) is 127 Å². The summed E-state index contributed by atoms with van der Waals surface area (Å²) in [6.07, 6.45) is 0.946. The largest absolute Gasteiger partial charge is 0.457 e. The van der Waals surface area contributed by atoms with E-state index in [-0.39, 0.29) is 10.8 Å². The van der Waals surface area contributed by atoms with Crippen LogP contribution in [-0.4, -0.2) is 5.97 Å². The molecule has 8 aromatic rings. The Bertz CT molecular complexity index is 3060. The van der Waals surface area contributed by atoms with Crippen LogP contribution in [0.1, 0.15) is 109 Å². The van der Waals surface area contributed by atoms with Crippen molar-refractivity contribution in [3.8, 4) is 50.6 Å². The number of carbonyl (C=O) groups excluding carboxylic acids is 1. The predicted octanol–water partition coefficient (Wildman–Crippen LogP) is 16.8. The van der Waals surface area contributed by atoms with E-state index in [1.54, 1.807) is 12.1 Å². The van der Waals surface area contributed by atoms with E-state index >= 15 is 0 Å². The summed E-state index contributed by atoms with van der Waals surface area (Å²) in [6.45, 7) is 20.0. The summed E-state index contributed by atoms with van der Waals surface area (Å²) in [7, 11) is 0. The third kappa shape index (κ3) is 7.29. The summed E-state index contributed by atoms with van der Waals surface area (Å²) >= 11 is 0. The van der Waals surface area contributed by atoms with Gasteiger partial charge in [0.25, 0.3) is 0 Å². The van der Waals surface area contributed by atoms with Crippen molar-refractivity contribution < 1.29 is 14.3 Å². The summed E-state index contributed by atoms with van der Waals surface area (Å²) in [6, 6.07) is 57.9. The molecule has 328 valence electrons. The molecule has 0 spiro atoms. The quantitative estimate of drug-likeness (QED) is 0.101. The van der Waals surface area contributed by atoms with E-state index in [1.807, 2.05) is 38.1 Å². The zero-order valence-corrected chi connectivity index (χ0v) is 39.5. The van der Waals surface area contributed by atoms with Gasteiger partial charge in [-0.15, -0.1) is 0 Å². The maximum atomic E-state index is 13.5. The van der Waals surface area contributed by atoms with Gasteiger partial charge in [0.15, 0.2) is 0 Å². The molecule has 0 saturated carbocycles. The SMILES string of the molecule is CCc1ccc(C(C)C)cc1-c1cc(C)c(OC(=O)c2ccc(Oc3ccc(N(c4ccc5c(c4)C(C)(C)c4ccccc4-5)c4ccc5c(c4)C(C)(C)c4ccccc4-5)cc3)cc2)c(C)c1. The second kappa shape index (κ2) is 16.4. The Labute approximate surface area is 390 Å². The lowest BCUT2D eigenvalue weighted by Crippen LogP contribution is -2.18. The molecule has 0 N–H and O–H groups in total. The Morgan fingerprint density at radius 3 is 1.53 bits per heavy atom. The van der Waals surface area contributed by atoms with Gasteiger partial charge in [-0.25, -0.2) is 4.79 Å². The number of rotatable bonds is 10. The average Bonchev–Trinajstić information content (AvgIpc) is 3.69. The van der Waals surface area contributed by atoms with Crippen LogP contribution in [0.2, 0.25) is 0 Å². The van der Waals surface area contributed by atoms with Crippen LogP contribution in [0.5, 0.6) is 17.2 Å². The minimum Gasteiger partial charge on any atom is -0.457 e. The van der Waals surface area contributed by atoms with Crippen LogP contribution in [0.4, 0.5) is 17.1 Å². The second-order valence-electron chi connectivity index (χ2n) is 19.5. The Hall–Kier alpha value is -7.17. The fraction of sp³-hybridized carbons (Fsp3) is 0.210. The van der Waals surface area contributed by atoms with E-state index in [1.165, 1.54) is 61.2 Å². The molecule has 0 aromatic heterocycles. The first-order chi connectivity index (χ1) is 31.7. The zero-order chi connectivity index (χ0) is 46.1. The Kier molecular flexibility index (Phi) is 10.6. The number of carbonyl (C=O) groups is 1. The molecule has 0 saturated heterocycles. The topological polar surface area (TPSA) is 38.8 Å². The van der Waals surface area contributed by atoms with Crippen LogP contribution >= 0.6 is 0 Å². The van der Waals surface area contributed by atoms with Crippen molar-refractivity contribution in [2.24, 2.45) is 0 Å². The van der Waals surface area contributed by atoms with Crippen molar-refractivity contribution >= 4 is 23.0 Å². The molecule has 0 unspecified atom stereocenters.